The van der Waals surface area contributed by atoms with Crippen LogP contribution in [-0.4, -0.2) is 5.11 Å². The standard InChI is InChI=1S/C19H28O/c1-4-15(20)12-14-7-8-17-16(13(14)2)9-11-19(3)10-5-6-18(17)19/h4,12,16-18,20H,2,5-11H2,1,3H3/b14-12-,15-4+. The van der Waals surface area contributed by atoms with E-state index in [4.69, 9.17) is 0 Å². The second-order valence-corrected chi connectivity index (χ2v) is 7.41. The molecule has 3 aliphatic rings. The molecule has 0 saturated heterocycles. The zero-order chi connectivity index (χ0) is 14.3. The molecule has 110 valence electrons. The molecule has 1 heteroatoms. The molecule has 0 bridgehead atoms. The Hall–Kier alpha value is -0.980. The molecule has 0 aliphatic heterocycles. The smallest absolute Gasteiger partial charge is 0.111 e. The normalized spacial score (nSPS) is 43.5. The summed E-state index contributed by atoms with van der Waals surface area (Å²) in [5, 5.41) is 9.76. The monoisotopic (exact) mass is 272 g/mol. The largest absolute Gasteiger partial charge is 0.508 e. The van der Waals surface area contributed by atoms with Crippen molar-refractivity contribution in [2.24, 2.45) is 23.2 Å². The van der Waals surface area contributed by atoms with Gasteiger partial charge in [-0.3, -0.25) is 0 Å². The fraction of sp³-hybridized carbons (Fsp3) is 0.684. The number of fused-ring (bicyclic) bond motifs is 3. The van der Waals surface area contributed by atoms with Gasteiger partial charge in [-0.1, -0.05) is 19.9 Å². The molecule has 0 aromatic heterocycles. The third-order valence-corrected chi connectivity index (χ3v) is 6.44. The van der Waals surface area contributed by atoms with Gasteiger partial charge in [-0.05, 0) is 91.9 Å². The van der Waals surface area contributed by atoms with Crippen molar-refractivity contribution in [1.82, 2.24) is 0 Å². The van der Waals surface area contributed by atoms with Crippen molar-refractivity contribution in [3.63, 3.8) is 0 Å². The van der Waals surface area contributed by atoms with E-state index in [1.807, 2.05) is 13.0 Å². The van der Waals surface area contributed by atoms with Crippen LogP contribution in [0.5, 0.6) is 0 Å². The Morgan fingerprint density at radius 1 is 1.30 bits per heavy atom. The van der Waals surface area contributed by atoms with Gasteiger partial charge in [-0.2, -0.15) is 0 Å². The van der Waals surface area contributed by atoms with E-state index in [-0.39, 0.29) is 0 Å². The minimum Gasteiger partial charge on any atom is -0.508 e. The quantitative estimate of drug-likeness (QED) is 0.620. The Bertz CT molecular complexity index is 470. The van der Waals surface area contributed by atoms with Crippen molar-refractivity contribution < 1.29 is 5.11 Å². The molecular weight excluding hydrogens is 244 g/mol. The highest BCUT2D eigenvalue weighted by atomic mass is 16.3. The molecule has 1 N–H and O–H groups in total. The lowest BCUT2D eigenvalue weighted by molar-refractivity contribution is 0.0442. The number of rotatable bonds is 1. The maximum atomic E-state index is 9.76. The zero-order valence-corrected chi connectivity index (χ0v) is 13.0. The van der Waals surface area contributed by atoms with Crippen LogP contribution in [0.1, 0.15) is 58.8 Å². The molecule has 1 nitrogen and oxygen atoms in total. The molecule has 0 aromatic carbocycles. The molecule has 4 unspecified atom stereocenters. The summed E-state index contributed by atoms with van der Waals surface area (Å²) in [5.41, 5.74) is 3.24. The summed E-state index contributed by atoms with van der Waals surface area (Å²) in [5.74, 6) is 2.85. The van der Waals surface area contributed by atoms with Crippen molar-refractivity contribution in [1.29, 1.82) is 0 Å². The van der Waals surface area contributed by atoms with E-state index in [9.17, 15) is 5.11 Å². The molecule has 4 atom stereocenters. The lowest BCUT2D eigenvalue weighted by Crippen LogP contribution is -2.41. The highest BCUT2D eigenvalue weighted by Gasteiger charge is 2.50. The Morgan fingerprint density at radius 2 is 2.10 bits per heavy atom. The molecule has 3 aliphatic carbocycles. The average Bonchev–Trinajstić information content (AvgIpc) is 2.83. The third kappa shape index (κ3) is 2.16. The maximum Gasteiger partial charge on any atom is 0.111 e. The lowest BCUT2D eigenvalue weighted by Gasteiger charge is -2.50. The predicted octanol–water partition coefficient (Wildman–Crippen LogP) is 5.56. The van der Waals surface area contributed by atoms with Crippen LogP contribution in [0.2, 0.25) is 0 Å². The van der Waals surface area contributed by atoms with Crippen LogP contribution in [0.25, 0.3) is 0 Å². The summed E-state index contributed by atoms with van der Waals surface area (Å²) < 4.78 is 0. The second kappa shape index (κ2) is 5.09. The first-order valence-electron chi connectivity index (χ1n) is 8.30. The Kier molecular flexibility index (Phi) is 3.56. The van der Waals surface area contributed by atoms with E-state index in [1.165, 1.54) is 49.7 Å². The highest BCUT2D eigenvalue weighted by molar-refractivity contribution is 5.38. The Labute approximate surface area is 123 Å². The summed E-state index contributed by atoms with van der Waals surface area (Å²) in [7, 11) is 0. The molecule has 0 aromatic rings. The summed E-state index contributed by atoms with van der Waals surface area (Å²) in [6, 6.07) is 0. The van der Waals surface area contributed by atoms with Crippen LogP contribution in [0.4, 0.5) is 0 Å². The van der Waals surface area contributed by atoms with Crippen molar-refractivity contribution in [2.75, 3.05) is 0 Å². The molecule has 3 saturated carbocycles. The SMILES string of the molecule is C=C1/C(=C\C(O)=C/C)CCC2C1CCC1(C)CCCC21. The van der Waals surface area contributed by atoms with Crippen LogP contribution in [0.3, 0.4) is 0 Å². The topological polar surface area (TPSA) is 20.2 Å². The summed E-state index contributed by atoms with van der Waals surface area (Å²) in [4.78, 5) is 0. The number of aliphatic hydroxyl groups is 1. The molecule has 3 fully saturated rings. The van der Waals surface area contributed by atoms with Gasteiger partial charge in [0.25, 0.3) is 0 Å². The molecule has 0 amide bonds. The summed E-state index contributed by atoms with van der Waals surface area (Å²) in [6.45, 7) is 8.81. The van der Waals surface area contributed by atoms with Gasteiger partial charge in [0.15, 0.2) is 0 Å². The van der Waals surface area contributed by atoms with Gasteiger partial charge in [0, 0.05) is 0 Å². The van der Waals surface area contributed by atoms with Crippen LogP contribution in [0.15, 0.2) is 35.6 Å². The number of hydrogen-bond acceptors (Lipinski definition) is 1. The van der Waals surface area contributed by atoms with Gasteiger partial charge >= 0.3 is 0 Å². The van der Waals surface area contributed by atoms with Crippen molar-refractivity contribution in [3.05, 3.63) is 35.6 Å². The number of aliphatic hydroxyl groups excluding tert-OH is 1. The van der Waals surface area contributed by atoms with Crippen LogP contribution >= 0.6 is 0 Å². The first kappa shape index (κ1) is 14.0. The summed E-state index contributed by atoms with van der Waals surface area (Å²) >= 11 is 0. The van der Waals surface area contributed by atoms with Gasteiger partial charge in [0.05, 0.1) is 0 Å². The fourth-order valence-electron chi connectivity index (χ4n) is 5.26. The average molecular weight is 272 g/mol. The molecule has 3 rings (SSSR count). The van der Waals surface area contributed by atoms with Gasteiger partial charge in [0.1, 0.15) is 5.76 Å². The molecule has 20 heavy (non-hydrogen) atoms. The minimum absolute atomic E-state index is 0.390. The molecule has 0 spiro atoms. The summed E-state index contributed by atoms with van der Waals surface area (Å²) in [6.07, 6.45) is 13.1. The Morgan fingerprint density at radius 3 is 2.85 bits per heavy atom. The van der Waals surface area contributed by atoms with Gasteiger partial charge in [-0.15, -0.1) is 0 Å². The van der Waals surface area contributed by atoms with Crippen LogP contribution in [0, 0.1) is 23.2 Å². The Balaban J connectivity index is 1.83. The number of hydrogen-bond donors (Lipinski definition) is 1. The molecule has 0 radical (unpaired) electrons. The van der Waals surface area contributed by atoms with E-state index in [2.05, 4.69) is 13.5 Å². The fourth-order valence-corrected chi connectivity index (χ4v) is 5.26. The zero-order valence-electron chi connectivity index (χ0n) is 13.0. The van der Waals surface area contributed by atoms with Crippen LogP contribution < -0.4 is 0 Å². The van der Waals surface area contributed by atoms with Crippen molar-refractivity contribution in [3.8, 4) is 0 Å². The first-order valence-corrected chi connectivity index (χ1v) is 8.30. The first-order chi connectivity index (χ1) is 9.55. The second-order valence-electron chi connectivity index (χ2n) is 7.41. The minimum atomic E-state index is 0.390. The van der Waals surface area contributed by atoms with E-state index < -0.39 is 0 Å². The van der Waals surface area contributed by atoms with Crippen molar-refractivity contribution in [2.45, 2.75) is 58.8 Å². The van der Waals surface area contributed by atoms with Gasteiger partial charge < -0.3 is 5.11 Å². The third-order valence-electron chi connectivity index (χ3n) is 6.44. The predicted molar refractivity (Wildman–Crippen MR) is 84.5 cm³/mol. The number of allylic oxidation sites excluding steroid dienone is 4. The van der Waals surface area contributed by atoms with Crippen molar-refractivity contribution >= 4 is 0 Å². The van der Waals surface area contributed by atoms with E-state index in [0.717, 1.165) is 18.3 Å². The maximum absolute atomic E-state index is 9.76. The van der Waals surface area contributed by atoms with E-state index >= 15 is 0 Å². The molecule has 0 heterocycles. The van der Waals surface area contributed by atoms with E-state index in [1.54, 1.807) is 6.08 Å². The lowest BCUT2D eigenvalue weighted by atomic mass is 9.55. The van der Waals surface area contributed by atoms with Crippen LogP contribution in [-0.2, 0) is 0 Å². The van der Waals surface area contributed by atoms with Gasteiger partial charge in [0.2, 0.25) is 0 Å². The highest BCUT2D eigenvalue weighted by Crippen LogP contribution is 2.60. The van der Waals surface area contributed by atoms with Gasteiger partial charge in [-0.25, -0.2) is 0 Å². The van der Waals surface area contributed by atoms with E-state index in [0.29, 0.717) is 17.1 Å². The molecular formula is C19H28O.